The van der Waals surface area contributed by atoms with E-state index in [0.29, 0.717) is 0 Å². The van der Waals surface area contributed by atoms with Crippen LogP contribution < -0.4 is 4.90 Å². The van der Waals surface area contributed by atoms with Gasteiger partial charge in [-0.25, -0.2) is 4.39 Å². The van der Waals surface area contributed by atoms with E-state index in [9.17, 15) is 9.18 Å². The van der Waals surface area contributed by atoms with E-state index >= 15 is 0 Å². The third-order valence-corrected chi connectivity index (χ3v) is 2.73. The van der Waals surface area contributed by atoms with Crippen LogP contribution in [0.15, 0.2) is 18.2 Å². The standard InChI is InChI=1S/C14H20FNO2/c1-3-7-16(8-4-2)12-6-5-11(9-14(17)18)13(15)10-12/h5-6,10H,3-4,7-9H2,1-2H3,(H,17,18). The molecule has 100 valence electrons. The number of hydrogen-bond acceptors (Lipinski definition) is 2. The van der Waals surface area contributed by atoms with Gasteiger partial charge in [0, 0.05) is 18.8 Å². The van der Waals surface area contributed by atoms with E-state index in [-0.39, 0.29) is 12.0 Å². The molecule has 1 aromatic rings. The first kappa shape index (κ1) is 14.5. The Morgan fingerprint density at radius 3 is 2.33 bits per heavy atom. The molecule has 18 heavy (non-hydrogen) atoms. The molecule has 0 heterocycles. The van der Waals surface area contributed by atoms with E-state index in [0.717, 1.165) is 31.6 Å². The molecular formula is C14H20FNO2. The monoisotopic (exact) mass is 253 g/mol. The lowest BCUT2D eigenvalue weighted by Crippen LogP contribution is -2.25. The molecular weight excluding hydrogens is 233 g/mol. The summed E-state index contributed by atoms with van der Waals surface area (Å²) in [6, 6.07) is 4.80. The van der Waals surface area contributed by atoms with E-state index in [1.54, 1.807) is 12.1 Å². The van der Waals surface area contributed by atoms with Crippen molar-refractivity contribution in [1.29, 1.82) is 0 Å². The largest absolute Gasteiger partial charge is 0.481 e. The minimum atomic E-state index is -1.01. The Hall–Kier alpha value is -1.58. The van der Waals surface area contributed by atoms with Gasteiger partial charge in [0.05, 0.1) is 6.42 Å². The maximum atomic E-state index is 13.8. The van der Waals surface area contributed by atoms with E-state index in [1.165, 1.54) is 6.07 Å². The number of anilines is 1. The molecule has 3 nitrogen and oxygen atoms in total. The van der Waals surface area contributed by atoms with Crippen molar-refractivity contribution in [3.05, 3.63) is 29.6 Å². The molecule has 0 aromatic heterocycles. The zero-order chi connectivity index (χ0) is 13.5. The Morgan fingerprint density at radius 1 is 1.28 bits per heavy atom. The third-order valence-electron chi connectivity index (χ3n) is 2.73. The summed E-state index contributed by atoms with van der Waals surface area (Å²) in [4.78, 5) is 12.7. The molecule has 0 aliphatic carbocycles. The van der Waals surface area contributed by atoms with Gasteiger partial charge >= 0.3 is 5.97 Å². The molecule has 0 amide bonds. The fraction of sp³-hybridized carbons (Fsp3) is 0.500. The van der Waals surface area contributed by atoms with Gasteiger partial charge in [-0.05, 0) is 30.5 Å². The maximum absolute atomic E-state index is 13.8. The second-order valence-electron chi connectivity index (χ2n) is 4.33. The quantitative estimate of drug-likeness (QED) is 0.811. The fourth-order valence-electron chi connectivity index (χ4n) is 1.95. The van der Waals surface area contributed by atoms with Crippen molar-refractivity contribution in [2.45, 2.75) is 33.1 Å². The number of carboxylic acid groups (broad SMARTS) is 1. The second kappa shape index (κ2) is 6.99. The number of aliphatic carboxylic acids is 1. The van der Waals surface area contributed by atoms with Crippen LogP contribution in [0.25, 0.3) is 0 Å². The molecule has 0 aliphatic heterocycles. The predicted octanol–water partition coefficient (Wildman–Crippen LogP) is 3.08. The smallest absolute Gasteiger partial charge is 0.307 e. The number of nitrogens with zero attached hydrogens (tertiary/aromatic N) is 1. The van der Waals surface area contributed by atoms with Crippen molar-refractivity contribution in [2.24, 2.45) is 0 Å². The van der Waals surface area contributed by atoms with Crippen LogP contribution in [0.4, 0.5) is 10.1 Å². The summed E-state index contributed by atoms with van der Waals surface area (Å²) in [6.07, 6.45) is 1.73. The molecule has 0 unspecified atom stereocenters. The Kier molecular flexibility index (Phi) is 5.62. The summed E-state index contributed by atoms with van der Waals surface area (Å²) < 4.78 is 13.8. The summed E-state index contributed by atoms with van der Waals surface area (Å²) in [6.45, 7) is 5.92. The molecule has 1 aromatic carbocycles. The van der Waals surface area contributed by atoms with Gasteiger partial charge in [0.15, 0.2) is 0 Å². The zero-order valence-corrected chi connectivity index (χ0v) is 10.9. The fourth-order valence-corrected chi connectivity index (χ4v) is 1.95. The van der Waals surface area contributed by atoms with Gasteiger partial charge in [-0.3, -0.25) is 4.79 Å². The average Bonchev–Trinajstić information content (AvgIpc) is 2.31. The van der Waals surface area contributed by atoms with Crippen LogP contribution in [0, 0.1) is 5.82 Å². The van der Waals surface area contributed by atoms with Crippen molar-refractivity contribution in [1.82, 2.24) is 0 Å². The van der Waals surface area contributed by atoms with Crippen LogP contribution in [0.5, 0.6) is 0 Å². The summed E-state index contributed by atoms with van der Waals surface area (Å²) >= 11 is 0. The molecule has 0 atom stereocenters. The SMILES string of the molecule is CCCN(CCC)c1ccc(CC(=O)O)c(F)c1. The van der Waals surface area contributed by atoms with Gasteiger partial charge in [0.2, 0.25) is 0 Å². The average molecular weight is 253 g/mol. The van der Waals surface area contributed by atoms with Gasteiger partial charge in [0.25, 0.3) is 0 Å². The highest BCUT2D eigenvalue weighted by Crippen LogP contribution is 2.20. The van der Waals surface area contributed by atoms with Gasteiger partial charge in [0.1, 0.15) is 5.82 Å². The number of hydrogen-bond donors (Lipinski definition) is 1. The number of carboxylic acids is 1. The summed E-state index contributed by atoms with van der Waals surface area (Å²) in [7, 11) is 0. The molecule has 0 bridgehead atoms. The van der Waals surface area contributed by atoms with Crippen LogP contribution in [0.2, 0.25) is 0 Å². The highest BCUT2D eigenvalue weighted by atomic mass is 19.1. The Morgan fingerprint density at radius 2 is 1.89 bits per heavy atom. The van der Waals surface area contributed by atoms with Crippen LogP contribution >= 0.6 is 0 Å². The molecule has 0 spiro atoms. The normalized spacial score (nSPS) is 10.4. The first-order valence-electron chi connectivity index (χ1n) is 6.33. The van der Waals surface area contributed by atoms with Gasteiger partial charge < -0.3 is 10.0 Å². The Labute approximate surface area is 107 Å². The highest BCUT2D eigenvalue weighted by molar-refractivity contribution is 5.70. The summed E-state index contributed by atoms with van der Waals surface area (Å²) in [5, 5.41) is 8.66. The van der Waals surface area contributed by atoms with E-state index < -0.39 is 11.8 Å². The molecule has 0 radical (unpaired) electrons. The molecule has 0 aliphatic rings. The molecule has 1 N–H and O–H groups in total. The van der Waals surface area contributed by atoms with Crippen LogP contribution in [-0.2, 0) is 11.2 Å². The van der Waals surface area contributed by atoms with Crippen molar-refractivity contribution in [2.75, 3.05) is 18.0 Å². The topological polar surface area (TPSA) is 40.5 Å². The number of benzene rings is 1. The first-order valence-corrected chi connectivity index (χ1v) is 6.33. The van der Waals surface area contributed by atoms with E-state index in [4.69, 9.17) is 5.11 Å². The molecule has 0 saturated carbocycles. The second-order valence-corrected chi connectivity index (χ2v) is 4.33. The minimum Gasteiger partial charge on any atom is -0.481 e. The lowest BCUT2D eigenvalue weighted by molar-refractivity contribution is -0.136. The number of halogens is 1. The highest BCUT2D eigenvalue weighted by Gasteiger charge is 2.10. The molecule has 1 rings (SSSR count). The summed E-state index contributed by atoms with van der Waals surface area (Å²) in [5.74, 6) is -1.45. The van der Waals surface area contributed by atoms with Crippen molar-refractivity contribution >= 4 is 11.7 Å². The zero-order valence-electron chi connectivity index (χ0n) is 10.9. The molecule has 0 fully saturated rings. The van der Waals surface area contributed by atoms with Crippen LogP contribution in [0.1, 0.15) is 32.3 Å². The van der Waals surface area contributed by atoms with Crippen LogP contribution in [0.3, 0.4) is 0 Å². The van der Waals surface area contributed by atoms with Gasteiger partial charge in [-0.15, -0.1) is 0 Å². The maximum Gasteiger partial charge on any atom is 0.307 e. The van der Waals surface area contributed by atoms with Crippen molar-refractivity contribution < 1.29 is 14.3 Å². The summed E-state index contributed by atoms with van der Waals surface area (Å²) in [5.41, 5.74) is 1.06. The molecule has 4 heteroatoms. The molecule has 0 saturated heterocycles. The number of rotatable bonds is 7. The van der Waals surface area contributed by atoms with Crippen molar-refractivity contribution in [3.8, 4) is 0 Å². The lowest BCUT2D eigenvalue weighted by Gasteiger charge is -2.24. The Balaban J connectivity index is 2.89. The van der Waals surface area contributed by atoms with E-state index in [2.05, 4.69) is 18.7 Å². The number of carbonyl (C=O) groups is 1. The van der Waals surface area contributed by atoms with Crippen molar-refractivity contribution in [3.63, 3.8) is 0 Å². The van der Waals surface area contributed by atoms with Crippen LogP contribution in [-0.4, -0.2) is 24.2 Å². The van der Waals surface area contributed by atoms with Gasteiger partial charge in [-0.1, -0.05) is 19.9 Å². The first-order chi connectivity index (χ1) is 8.58. The predicted molar refractivity (Wildman–Crippen MR) is 70.5 cm³/mol. The minimum absolute atomic E-state index is 0.235. The lowest BCUT2D eigenvalue weighted by atomic mass is 10.1. The Bertz CT molecular complexity index is 401. The van der Waals surface area contributed by atoms with Gasteiger partial charge in [-0.2, -0.15) is 0 Å². The third kappa shape index (κ3) is 4.02. The van der Waals surface area contributed by atoms with E-state index in [1.807, 2.05) is 0 Å².